The molecule has 1 aromatic heterocycles. The summed E-state index contributed by atoms with van der Waals surface area (Å²) in [4.78, 5) is 12.3. The lowest BCUT2D eigenvalue weighted by Crippen LogP contribution is -2.36. The first-order valence-electron chi connectivity index (χ1n) is 8.34. The molecular formula is C19H28N2O2. The Labute approximate surface area is 138 Å². The minimum atomic E-state index is -0.357. The second-order valence-electron chi connectivity index (χ2n) is 7.13. The quantitative estimate of drug-likeness (QED) is 0.824. The van der Waals surface area contributed by atoms with Gasteiger partial charge in [0.25, 0.3) is 0 Å². The summed E-state index contributed by atoms with van der Waals surface area (Å²) < 4.78 is 2.18. The molecule has 4 heteroatoms. The highest BCUT2D eigenvalue weighted by Gasteiger charge is 2.21. The van der Waals surface area contributed by atoms with Gasteiger partial charge in [-0.05, 0) is 37.3 Å². The summed E-state index contributed by atoms with van der Waals surface area (Å²) in [5.74, 6) is 0.0303. The van der Waals surface area contributed by atoms with E-state index < -0.39 is 0 Å². The van der Waals surface area contributed by atoms with Crippen molar-refractivity contribution in [1.29, 1.82) is 0 Å². The van der Waals surface area contributed by atoms with Crippen molar-refractivity contribution < 1.29 is 9.90 Å². The van der Waals surface area contributed by atoms with Crippen molar-refractivity contribution in [1.82, 2.24) is 9.88 Å². The molecule has 0 bridgehead atoms. The van der Waals surface area contributed by atoms with Crippen molar-refractivity contribution in [3.05, 3.63) is 36.0 Å². The van der Waals surface area contributed by atoms with Gasteiger partial charge in [0.2, 0.25) is 5.91 Å². The minimum absolute atomic E-state index is 0.0303. The largest absolute Gasteiger partial charge is 0.393 e. The Kier molecular flexibility index (Phi) is 5.47. The molecule has 2 N–H and O–H groups in total. The zero-order valence-electron chi connectivity index (χ0n) is 14.6. The number of benzene rings is 1. The van der Waals surface area contributed by atoms with Crippen LogP contribution in [0.5, 0.6) is 0 Å². The van der Waals surface area contributed by atoms with Crippen LogP contribution in [-0.4, -0.2) is 28.2 Å². The Morgan fingerprint density at radius 3 is 2.70 bits per heavy atom. The van der Waals surface area contributed by atoms with Crippen LogP contribution < -0.4 is 5.32 Å². The topological polar surface area (TPSA) is 54.3 Å². The van der Waals surface area contributed by atoms with Crippen molar-refractivity contribution in [3.8, 4) is 0 Å². The van der Waals surface area contributed by atoms with Crippen LogP contribution in [0.2, 0.25) is 0 Å². The van der Waals surface area contributed by atoms with E-state index in [0.29, 0.717) is 19.4 Å². The maximum Gasteiger partial charge on any atom is 0.224 e. The van der Waals surface area contributed by atoms with Gasteiger partial charge in [-0.25, -0.2) is 0 Å². The number of aliphatic hydroxyl groups excluding tert-OH is 1. The van der Waals surface area contributed by atoms with Crippen LogP contribution in [0.4, 0.5) is 0 Å². The highest BCUT2D eigenvalue weighted by atomic mass is 16.3. The van der Waals surface area contributed by atoms with Crippen molar-refractivity contribution in [2.75, 3.05) is 6.54 Å². The number of fused-ring (bicyclic) bond motifs is 1. The first-order chi connectivity index (χ1) is 10.8. The maximum atomic E-state index is 12.3. The van der Waals surface area contributed by atoms with Crippen LogP contribution in [0, 0.1) is 5.41 Å². The third-order valence-electron chi connectivity index (χ3n) is 4.17. The van der Waals surface area contributed by atoms with E-state index in [2.05, 4.69) is 49.0 Å². The van der Waals surface area contributed by atoms with E-state index in [-0.39, 0.29) is 17.4 Å². The van der Waals surface area contributed by atoms with Gasteiger partial charge in [0.1, 0.15) is 0 Å². The van der Waals surface area contributed by atoms with E-state index in [4.69, 9.17) is 0 Å². The van der Waals surface area contributed by atoms with Gasteiger partial charge in [0.05, 0.1) is 12.5 Å². The van der Waals surface area contributed by atoms with E-state index in [1.54, 1.807) is 6.92 Å². The number of para-hydroxylation sites is 1. The molecule has 2 aromatic rings. The van der Waals surface area contributed by atoms with E-state index >= 15 is 0 Å². The summed E-state index contributed by atoms with van der Waals surface area (Å²) in [6.07, 6.45) is 2.77. The van der Waals surface area contributed by atoms with Gasteiger partial charge in [-0.15, -0.1) is 0 Å². The van der Waals surface area contributed by atoms with Gasteiger partial charge >= 0.3 is 0 Å². The van der Waals surface area contributed by atoms with E-state index in [0.717, 1.165) is 17.5 Å². The molecule has 1 atom stereocenters. The van der Waals surface area contributed by atoms with Crippen molar-refractivity contribution in [2.24, 2.45) is 5.41 Å². The number of carbonyl (C=O) groups is 1. The summed E-state index contributed by atoms with van der Waals surface area (Å²) in [7, 11) is 0. The third-order valence-corrected chi connectivity index (χ3v) is 4.17. The molecule has 0 spiro atoms. The van der Waals surface area contributed by atoms with Crippen LogP contribution in [0.15, 0.2) is 30.5 Å². The third kappa shape index (κ3) is 4.58. The monoisotopic (exact) mass is 316 g/mol. The molecule has 1 unspecified atom stereocenters. The molecule has 0 saturated heterocycles. The number of nitrogens with one attached hydrogen (secondary N) is 1. The van der Waals surface area contributed by atoms with Crippen molar-refractivity contribution in [3.63, 3.8) is 0 Å². The average molecular weight is 316 g/mol. The molecule has 0 fully saturated rings. The molecule has 4 nitrogen and oxygen atoms in total. The number of rotatable bonds is 7. The molecule has 0 aliphatic carbocycles. The van der Waals surface area contributed by atoms with Gasteiger partial charge in [-0.2, -0.15) is 0 Å². The van der Waals surface area contributed by atoms with Crippen molar-refractivity contribution in [2.45, 2.75) is 53.2 Å². The van der Waals surface area contributed by atoms with Gasteiger partial charge in [0, 0.05) is 30.2 Å². The molecule has 1 aromatic carbocycles. The molecule has 2 rings (SSSR count). The lowest BCUT2D eigenvalue weighted by Gasteiger charge is -2.26. The summed E-state index contributed by atoms with van der Waals surface area (Å²) in [6.45, 7) is 9.47. The summed E-state index contributed by atoms with van der Waals surface area (Å²) in [5.41, 5.74) is 2.13. The van der Waals surface area contributed by atoms with E-state index in [9.17, 15) is 9.90 Å². The second-order valence-corrected chi connectivity index (χ2v) is 7.13. The molecule has 1 heterocycles. The Balaban J connectivity index is 2.04. The number of aryl methyl sites for hydroxylation is 1. The Morgan fingerprint density at radius 2 is 2.04 bits per heavy atom. The predicted octanol–water partition coefficient (Wildman–Crippen LogP) is 3.12. The van der Waals surface area contributed by atoms with Gasteiger partial charge < -0.3 is 15.0 Å². The Bertz CT molecular complexity index is 671. The molecular weight excluding hydrogens is 288 g/mol. The standard InChI is InChI=1S/C19H28N2O2/c1-5-21-12-15(16-8-6-7-9-17(16)21)10-18(23)20-13-19(3,4)11-14(2)22/h6-9,12,14,22H,5,10-11,13H2,1-4H3,(H,20,23). The van der Waals surface area contributed by atoms with Crippen LogP contribution in [-0.2, 0) is 17.8 Å². The Hall–Kier alpha value is -1.81. The fraction of sp³-hybridized carbons (Fsp3) is 0.526. The smallest absolute Gasteiger partial charge is 0.224 e. The highest BCUT2D eigenvalue weighted by Crippen LogP contribution is 2.23. The second kappa shape index (κ2) is 7.18. The lowest BCUT2D eigenvalue weighted by atomic mass is 9.87. The van der Waals surface area contributed by atoms with Crippen LogP contribution in [0.25, 0.3) is 10.9 Å². The van der Waals surface area contributed by atoms with E-state index in [1.165, 1.54) is 5.52 Å². The average Bonchev–Trinajstić information content (AvgIpc) is 2.82. The predicted molar refractivity (Wildman–Crippen MR) is 94.4 cm³/mol. The SMILES string of the molecule is CCn1cc(CC(=O)NCC(C)(C)CC(C)O)c2ccccc21. The molecule has 1 amide bonds. The fourth-order valence-corrected chi connectivity index (χ4v) is 3.17. The number of amides is 1. The first kappa shape index (κ1) is 17.5. The zero-order valence-corrected chi connectivity index (χ0v) is 14.6. The lowest BCUT2D eigenvalue weighted by molar-refractivity contribution is -0.121. The molecule has 0 saturated carbocycles. The van der Waals surface area contributed by atoms with Gasteiger partial charge in [0.15, 0.2) is 0 Å². The Morgan fingerprint density at radius 1 is 1.35 bits per heavy atom. The number of aliphatic hydroxyl groups is 1. The number of hydrogen-bond donors (Lipinski definition) is 2. The van der Waals surface area contributed by atoms with Crippen LogP contribution in [0.3, 0.4) is 0 Å². The maximum absolute atomic E-state index is 12.3. The molecule has 0 radical (unpaired) electrons. The number of aromatic nitrogens is 1. The van der Waals surface area contributed by atoms with Crippen LogP contribution in [0.1, 0.15) is 39.7 Å². The number of hydrogen-bond acceptors (Lipinski definition) is 2. The summed E-state index contributed by atoms with van der Waals surface area (Å²) >= 11 is 0. The summed E-state index contributed by atoms with van der Waals surface area (Å²) in [6, 6.07) is 8.19. The first-order valence-corrected chi connectivity index (χ1v) is 8.34. The van der Waals surface area contributed by atoms with Crippen LogP contribution >= 0.6 is 0 Å². The molecule has 0 aliphatic rings. The zero-order chi connectivity index (χ0) is 17.0. The number of carbonyl (C=O) groups excluding carboxylic acids is 1. The highest BCUT2D eigenvalue weighted by molar-refractivity contribution is 5.89. The minimum Gasteiger partial charge on any atom is -0.393 e. The number of nitrogens with zero attached hydrogens (tertiary/aromatic N) is 1. The molecule has 0 aliphatic heterocycles. The van der Waals surface area contributed by atoms with Gasteiger partial charge in [-0.3, -0.25) is 4.79 Å². The van der Waals surface area contributed by atoms with E-state index in [1.807, 2.05) is 12.1 Å². The molecule has 126 valence electrons. The van der Waals surface area contributed by atoms with Gasteiger partial charge in [-0.1, -0.05) is 32.0 Å². The summed E-state index contributed by atoms with van der Waals surface area (Å²) in [5, 5.41) is 13.7. The molecule has 23 heavy (non-hydrogen) atoms. The normalized spacial score (nSPS) is 13.3. The fourth-order valence-electron chi connectivity index (χ4n) is 3.17. The van der Waals surface area contributed by atoms with Crippen molar-refractivity contribution >= 4 is 16.8 Å².